The number of unbranched alkanes of at least 4 members (excludes halogenated alkanes) is 17. The van der Waals surface area contributed by atoms with Gasteiger partial charge in [-0.25, -0.2) is 4.57 Å². The Kier molecular flexibility index (Phi) is 38.0. The van der Waals surface area contributed by atoms with Crippen molar-refractivity contribution >= 4 is 13.7 Å². The Bertz CT molecular complexity index is 1160. The highest BCUT2D eigenvalue weighted by molar-refractivity contribution is 7.47. The molecule has 0 aromatic heterocycles. The standard InChI is InChI=1S/C48H87N2O6P/c1-6-8-10-12-14-16-18-20-21-22-23-24-25-26-27-28-30-31-33-35-37-39-41-47(51)46(45-56-57(53,54)55-44-43-50(3,4)5)49-48(52)42-40-38-36-34-32-29-19-17-15-13-11-9-7-2/h9,11,15,17,29,31-33,36,38-39,41,46-47,51H,6-8,10,12-14,16,18-28,30,34-35,37,40,42-45H2,1-5H3,(H-,49,52,53,54)/p+1/b11-9-,17-15-,32-29-,33-31+,38-36-,41-39+. The van der Waals surface area contributed by atoms with Crippen LogP contribution in [0.25, 0.3) is 0 Å². The first-order valence-electron chi connectivity index (χ1n) is 22.8. The van der Waals surface area contributed by atoms with Crippen LogP contribution in [0.2, 0.25) is 0 Å². The number of quaternary nitrogens is 1. The molecule has 0 aliphatic heterocycles. The van der Waals surface area contributed by atoms with Gasteiger partial charge in [-0.3, -0.25) is 13.8 Å². The summed E-state index contributed by atoms with van der Waals surface area (Å²) >= 11 is 0. The van der Waals surface area contributed by atoms with Crippen molar-refractivity contribution in [1.82, 2.24) is 5.32 Å². The van der Waals surface area contributed by atoms with Gasteiger partial charge in [0.05, 0.1) is 39.9 Å². The number of allylic oxidation sites excluding steroid dienone is 11. The molecule has 3 atom stereocenters. The van der Waals surface area contributed by atoms with E-state index < -0.39 is 20.0 Å². The minimum Gasteiger partial charge on any atom is -0.387 e. The average molecular weight is 820 g/mol. The van der Waals surface area contributed by atoms with Gasteiger partial charge >= 0.3 is 7.82 Å². The number of carbonyl (C=O) groups excluding carboxylic acids is 1. The van der Waals surface area contributed by atoms with Crippen LogP contribution < -0.4 is 5.32 Å². The molecule has 0 aromatic carbocycles. The third kappa shape index (κ3) is 41.9. The molecule has 330 valence electrons. The molecule has 0 bridgehead atoms. The van der Waals surface area contributed by atoms with Crippen LogP contribution in [-0.2, 0) is 18.4 Å². The number of nitrogens with zero attached hydrogens (tertiary/aromatic N) is 1. The number of hydrogen-bond acceptors (Lipinski definition) is 5. The number of aliphatic hydroxyl groups excluding tert-OH is 1. The van der Waals surface area contributed by atoms with E-state index in [0.29, 0.717) is 17.4 Å². The highest BCUT2D eigenvalue weighted by atomic mass is 31.2. The zero-order chi connectivity index (χ0) is 42.1. The topological polar surface area (TPSA) is 105 Å². The monoisotopic (exact) mass is 820 g/mol. The van der Waals surface area contributed by atoms with Gasteiger partial charge in [-0.2, -0.15) is 0 Å². The lowest BCUT2D eigenvalue weighted by molar-refractivity contribution is -0.870. The molecule has 3 N–H and O–H groups in total. The predicted octanol–water partition coefficient (Wildman–Crippen LogP) is 12.8. The Labute approximate surface area is 351 Å². The quantitative estimate of drug-likeness (QED) is 0.0246. The first-order chi connectivity index (χ1) is 27.5. The summed E-state index contributed by atoms with van der Waals surface area (Å²) in [6.45, 7) is 4.61. The maximum Gasteiger partial charge on any atom is 0.472 e. The van der Waals surface area contributed by atoms with Gasteiger partial charge in [0.1, 0.15) is 13.2 Å². The first kappa shape index (κ1) is 54.9. The van der Waals surface area contributed by atoms with Crippen molar-refractivity contribution in [2.24, 2.45) is 0 Å². The first-order valence-corrected chi connectivity index (χ1v) is 24.3. The summed E-state index contributed by atoms with van der Waals surface area (Å²) in [5.41, 5.74) is 0. The summed E-state index contributed by atoms with van der Waals surface area (Å²) in [7, 11) is 1.50. The van der Waals surface area contributed by atoms with Gasteiger partial charge in [-0.15, -0.1) is 0 Å². The van der Waals surface area contributed by atoms with E-state index in [1.165, 1.54) is 103 Å². The second-order valence-corrected chi connectivity index (χ2v) is 17.8. The second kappa shape index (κ2) is 39.4. The molecule has 8 nitrogen and oxygen atoms in total. The number of phosphoric acid groups is 1. The Hall–Kier alpha value is -2.06. The van der Waals surface area contributed by atoms with E-state index >= 15 is 0 Å². The number of likely N-dealkylation sites (N-methyl/N-ethyl adjacent to an activating group) is 1. The number of carbonyl (C=O) groups is 1. The summed E-state index contributed by atoms with van der Waals surface area (Å²) in [5, 5.41) is 13.7. The Morgan fingerprint density at radius 1 is 0.614 bits per heavy atom. The van der Waals surface area contributed by atoms with Crippen molar-refractivity contribution in [2.75, 3.05) is 40.9 Å². The van der Waals surface area contributed by atoms with Gasteiger partial charge in [0.15, 0.2) is 0 Å². The van der Waals surface area contributed by atoms with Crippen molar-refractivity contribution in [2.45, 2.75) is 187 Å². The van der Waals surface area contributed by atoms with Crippen molar-refractivity contribution in [3.05, 3.63) is 72.9 Å². The minimum atomic E-state index is -4.37. The molecule has 0 rings (SSSR count). The number of aliphatic hydroxyl groups is 1. The van der Waals surface area contributed by atoms with Gasteiger partial charge < -0.3 is 19.8 Å². The smallest absolute Gasteiger partial charge is 0.387 e. The fourth-order valence-corrected chi connectivity index (χ4v) is 6.80. The van der Waals surface area contributed by atoms with E-state index in [1.54, 1.807) is 6.08 Å². The second-order valence-electron chi connectivity index (χ2n) is 16.4. The van der Waals surface area contributed by atoms with Crippen LogP contribution >= 0.6 is 7.82 Å². The zero-order valence-corrected chi connectivity index (χ0v) is 38.2. The summed E-state index contributed by atoms with van der Waals surface area (Å²) < 4.78 is 23.5. The van der Waals surface area contributed by atoms with Gasteiger partial charge in [0.25, 0.3) is 0 Å². The van der Waals surface area contributed by atoms with E-state index in [4.69, 9.17) is 9.05 Å². The van der Waals surface area contributed by atoms with Gasteiger partial charge in [0.2, 0.25) is 5.91 Å². The fraction of sp³-hybridized carbons (Fsp3) is 0.729. The van der Waals surface area contributed by atoms with Crippen LogP contribution in [0, 0.1) is 0 Å². The van der Waals surface area contributed by atoms with Crippen molar-refractivity contribution in [3.8, 4) is 0 Å². The fourth-order valence-electron chi connectivity index (χ4n) is 6.07. The predicted molar refractivity (Wildman–Crippen MR) is 244 cm³/mol. The molecule has 0 spiro atoms. The lowest BCUT2D eigenvalue weighted by Gasteiger charge is -2.25. The number of rotatable bonds is 40. The van der Waals surface area contributed by atoms with Gasteiger partial charge in [0, 0.05) is 6.42 Å². The average Bonchev–Trinajstić information content (AvgIpc) is 3.16. The molecule has 0 saturated carbocycles. The normalized spacial score (nSPS) is 15.0. The highest BCUT2D eigenvalue weighted by Crippen LogP contribution is 2.43. The molecule has 1 amide bonds. The van der Waals surface area contributed by atoms with E-state index in [2.05, 4.69) is 67.8 Å². The molecule has 0 fully saturated rings. The number of phosphoric ester groups is 1. The van der Waals surface area contributed by atoms with Gasteiger partial charge in [-0.05, 0) is 57.8 Å². The molecule has 0 heterocycles. The summed E-state index contributed by atoms with van der Waals surface area (Å²) in [6, 6.07) is -0.904. The van der Waals surface area contributed by atoms with Crippen molar-refractivity contribution in [1.29, 1.82) is 0 Å². The lowest BCUT2D eigenvalue weighted by atomic mass is 10.0. The number of amides is 1. The Morgan fingerprint density at radius 2 is 1.07 bits per heavy atom. The van der Waals surface area contributed by atoms with Crippen LogP contribution in [0.15, 0.2) is 72.9 Å². The van der Waals surface area contributed by atoms with Crippen molar-refractivity contribution in [3.63, 3.8) is 0 Å². The van der Waals surface area contributed by atoms with Gasteiger partial charge in [-0.1, -0.05) is 183 Å². The molecular formula is C48H88N2O6P+. The van der Waals surface area contributed by atoms with E-state index in [1.807, 2.05) is 39.4 Å². The molecule has 9 heteroatoms. The molecule has 0 aromatic rings. The molecule has 0 aliphatic rings. The van der Waals surface area contributed by atoms with Crippen molar-refractivity contribution < 1.29 is 32.9 Å². The van der Waals surface area contributed by atoms with Crippen LogP contribution in [0.3, 0.4) is 0 Å². The van der Waals surface area contributed by atoms with Crippen LogP contribution in [0.5, 0.6) is 0 Å². The number of nitrogens with one attached hydrogen (secondary N) is 1. The van der Waals surface area contributed by atoms with Crippen LogP contribution in [0.1, 0.15) is 174 Å². The maximum atomic E-state index is 12.8. The minimum absolute atomic E-state index is 0.0403. The Morgan fingerprint density at radius 3 is 1.60 bits per heavy atom. The molecule has 0 radical (unpaired) electrons. The SMILES string of the molecule is CC/C=C\C/C=C\C/C=C\C/C=C\CCC(=O)NC(COP(=O)(O)OCC[N+](C)(C)C)C(O)/C=C/CC/C=C/CCCCCCCCCCCCCCCCCC. The maximum absolute atomic E-state index is 12.8. The lowest BCUT2D eigenvalue weighted by Crippen LogP contribution is -2.45. The molecular weight excluding hydrogens is 732 g/mol. The Balaban J connectivity index is 4.49. The molecule has 0 aliphatic carbocycles. The zero-order valence-electron chi connectivity index (χ0n) is 37.3. The highest BCUT2D eigenvalue weighted by Gasteiger charge is 2.27. The summed E-state index contributed by atoms with van der Waals surface area (Å²) in [5.74, 6) is -0.269. The summed E-state index contributed by atoms with van der Waals surface area (Å²) in [4.78, 5) is 23.0. The summed E-state index contributed by atoms with van der Waals surface area (Å²) in [6.07, 6.45) is 52.9. The van der Waals surface area contributed by atoms with E-state index in [9.17, 15) is 19.4 Å². The molecule has 57 heavy (non-hydrogen) atoms. The largest absolute Gasteiger partial charge is 0.472 e. The molecule has 3 unspecified atom stereocenters. The van der Waals surface area contributed by atoms with Crippen LogP contribution in [-0.4, -0.2) is 73.4 Å². The third-order valence-corrected chi connectivity index (χ3v) is 10.7. The number of hydrogen-bond donors (Lipinski definition) is 3. The van der Waals surface area contributed by atoms with E-state index in [0.717, 1.165) is 44.9 Å². The molecule has 0 saturated heterocycles. The van der Waals surface area contributed by atoms with E-state index in [-0.39, 0.29) is 25.5 Å². The third-order valence-electron chi connectivity index (χ3n) is 9.67. The van der Waals surface area contributed by atoms with Crippen LogP contribution in [0.4, 0.5) is 0 Å².